The monoisotopic (exact) mass is 638 g/mol. The highest BCUT2D eigenvalue weighted by atomic mass is 35.5. The van der Waals surface area contributed by atoms with E-state index in [2.05, 4.69) is 5.32 Å². The summed E-state index contributed by atoms with van der Waals surface area (Å²) < 4.78 is 25.7. The first kappa shape index (κ1) is 31.1. The molecule has 1 aromatic heterocycles. The molecule has 0 aliphatic carbocycles. The molecule has 1 aliphatic heterocycles. The summed E-state index contributed by atoms with van der Waals surface area (Å²) in [7, 11) is 0. The van der Waals surface area contributed by atoms with Crippen LogP contribution < -0.4 is 26.3 Å². The van der Waals surface area contributed by atoms with Crippen LogP contribution in [-0.4, -0.2) is 41.7 Å². The van der Waals surface area contributed by atoms with Crippen LogP contribution >= 0.6 is 23.2 Å². The molecule has 2 atom stereocenters. The summed E-state index contributed by atoms with van der Waals surface area (Å²) in [6.45, 7) is 3.30. The Bertz CT molecular complexity index is 1770. The molecule has 2 amide bonds. The lowest BCUT2D eigenvalue weighted by molar-refractivity contribution is -0.123. The summed E-state index contributed by atoms with van der Waals surface area (Å²) in [5.41, 5.74) is 10.2. The van der Waals surface area contributed by atoms with Crippen molar-refractivity contribution in [1.29, 1.82) is 0 Å². The maximum atomic E-state index is 14.2. The second-order valence-corrected chi connectivity index (χ2v) is 11.3. The number of aliphatic hydroxyl groups is 1. The Morgan fingerprint density at radius 1 is 1.14 bits per heavy atom. The molecule has 4 aromatic rings. The molecular formula is C32H29Cl2FN4O5. The number of hydrogen-bond acceptors (Lipinski definition) is 7. The van der Waals surface area contributed by atoms with Gasteiger partial charge in [0.25, 0.3) is 5.91 Å². The smallest absolute Gasteiger partial charge is 0.251 e. The molecular weight excluding hydrogens is 610 g/mol. The van der Waals surface area contributed by atoms with Gasteiger partial charge in [0.1, 0.15) is 40.6 Å². The van der Waals surface area contributed by atoms with E-state index in [1.54, 1.807) is 50.2 Å². The highest BCUT2D eigenvalue weighted by molar-refractivity contribution is 6.43. The standard InChI is InChI=1S/C32H29Cl2FN4O5/c1-3-43-23-13-17(9-12-22(23)36)29(40)38-15-32(42,18-7-5-4-6-8-18)24-14-20-28(44-16-31(20,2)30(37)41)27(39-24)19-10-11-21(35)26(34)25(19)33/h4-14,42H,3,15-16,36H2,1-2H3,(H2,37,41)(H,38,40)/t31-,32+/m0/s1. The minimum atomic E-state index is -1.95. The van der Waals surface area contributed by atoms with Crippen LogP contribution in [0.4, 0.5) is 10.1 Å². The van der Waals surface area contributed by atoms with Gasteiger partial charge in [-0.2, -0.15) is 0 Å². The largest absolute Gasteiger partial charge is 0.492 e. The van der Waals surface area contributed by atoms with E-state index < -0.39 is 28.6 Å². The van der Waals surface area contributed by atoms with Crippen molar-refractivity contribution in [2.45, 2.75) is 24.9 Å². The maximum Gasteiger partial charge on any atom is 0.251 e. The number of pyridine rings is 1. The Morgan fingerprint density at radius 3 is 2.55 bits per heavy atom. The molecule has 44 heavy (non-hydrogen) atoms. The summed E-state index contributed by atoms with van der Waals surface area (Å²) >= 11 is 12.6. The number of anilines is 1. The van der Waals surface area contributed by atoms with Crippen molar-refractivity contribution in [3.63, 3.8) is 0 Å². The second-order valence-electron chi connectivity index (χ2n) is 10.5. The van der Waals surface area contributed by atoms with Crippen molar-refractivity contribution >= 4 is 40.7 Å². The summed E-state index contributed by atoms with van der Waals surface area (Å²) in [6.07, 6.45) is 0. The number of carbonyl (C=O) groups is 2. The zero-order valence-corrected chi connectivity index (χ0v) is 25.3. The second kappa shape index (κ2) is 12.0. The number of nitrogens with zero attached hydrogens (tertiary/aromatic N) is 1. The topological polar surface area (TPSA) is 150 Å². The van der Waals surface area contributed by atoms with Crippen LogP contribution in [0.15, 0.2) is 66.7 Å². The number of halogens is 3. The molecule has 0 saturated heterocycles. The molecule has 2 heterocycles. The van der Waals surface area contributed by atoms with Crippen LogP contribution in [0.2, 0.25) is 10.0 Å². The zero-order chi connectivity index (χ0) is 31.8. The molecule has 228 valence electrons. The van der Waals surface area contributed by atoms with Crippen molar-refractivity contribution < 1.29 is 28.6 Å². The number of benzene rings is 3. The molecule has 0 bridgehead atoms. The van der Waals surface area contributed by atoms with Crippen molar-refractivity contribution in [3.8, 4) is 22.8 Å². The van der Waals surface area contributed by atoms with Gasteiger partial charge in [0, 0.05) is 16.7 Å². The van der Waals surface area contributed by atoms with Crippen molar-refractivity contribution in [1.82, 2.24) is 10.3 Å². The van der Waals surface area contributed by atoms with Crippen molar-refractivity contribution in [3.05, 3.63) is 105 Å². The summed E-state index contributed by atoms with van der Waals surface area (Å²) in [5, 5.41) is 14.7. The van der Waals surface area contributed by atoms with Gasteiger partial charge in [-0.15, -0.1) is 0 Å². The Labute approximate surface area is 262 Å². The normalized spacial score (nSPS) is 16.9. The van der Waals surface area contributed by atoms with Gasteiger partial charge in [-0.05, 0) is 55.8 Å². The molecule has 9 nitrogen and oxygen atoms in total. The number of carbonyl (C=O) groups excluding carboxylic acids is 2. The lowest BCUT2D eigenvalue weighted by Crippen LogP contribution is -2.43. The molecule has 12 heteroatoms. The summed E-state index contributed by atoms with van der Waals surface area (Å²) in [6, 6.07) is 17.2. The average molecular weight is 640 g/mol. The van der Waals surface area contributed by atoms with Crippen LogP contribution in [0, 0.1) is 5.82 Å². The third-order valence-corrected chi connectivity index (χ3v) is 8.52. The third-order valence-electron chi connectivity index (χ3n) is 7.66. The van der Waals surface area contributed by atoms with E-state index in [-0.39, 0.29) is 51.5 Å². The number of aromatic nitrogens is 1. The van der Waals surface area contributed by atoms with Gasteiger partial charge >= 0.3 is 0 Å². The number of hydrogen-bond donors (Lipinski definition) is 4. The average Bonchev–Trinajstić information content (AvgIpc) is 3.37. The maximum absolute atomic E-state index is 14.2. The fourth-order valence-corrected chi connectivity index (χ4v) is 5.42. The van der Waals surface area contributed by atoms with E-state index in [0.717, 1.165) is 6.07 Å². The molecule has 0 saturated carbocycles. The quantitative estimate of drug-likeness (QED) is 0.149. The molecule has 6 N–H and O–H groups in total. The van der Waals surface area contributed by atoms with Crippen LogP contribution in [0.5, 0.6) is 11.5 Å². The molecule has 3 aromatic carbocycles. The highest BCUT2D eigenvalue weighted by Gasteiger charge is 2.46. The first-order valence-corrected chi connectivity index (χ1v) is 14.4. The van der Waals surface area contributed by atoms with Crippen molar-refractivity contribution in [2.75, 3.05) is 25.5 Å². The zero-order valence-electron chi connectivity index (χ0n) is 23.8. The molecule has 0 fully saturated rings. The van der Waals surface area contributed by atoms with Gasteiger partial charge in [0.15, 0.2) is 0 Å². The lowest BCUT2D eigenvalue weighted by Gasteiger charge is -2.30. The third kappa shape index (κ3) is 5.40. The Hall–Kier alpha value is -4.38. The first-order chi connectivity index (χ1) is 20.9. The molecule has 1 aliphatic rings. The van der Waals surface area contributed by atoms with E-state index in [0.29, 0.717) is 29.2 Å². The molecule has 0 spiro atoms. The lowest BCUT2D eigenvalue weighted by atomic mass is 9.80. The number of primary amides is 1. The molecule has 0 unspecified atom stereocenters. The van der Waals surface area contributed by atoms with Gasteiger partial charge in [0.2, 0.25) is 5.91 Å². The Balaban J connectivity index is 1.66. The molecule has 0 radical (unpaired) electrons. The van der Waals surface area contributed by atoms with Gasteiger partial charge < -0.3 is 31.4 Å². The number of nitrogens with one attached hydrogen (secondary N) is 1. The van der Waals surface area contributed by atoms with E-state index in [4.69, 9.17) is 49.1 Å². The summed E-state index contributed by atoms with van der Waals surface area (Å²) in [5.74, 6) is -1.39. The van der Waals surface area contributed by atoms with E-state index in [1.807, 2.05) is 0 Å². The summed E-state index contributed by atoms with van der Waals surface area (Å²) in [4.78, 5) is 30.7. The number of rotatable bonds is 9. The van der Waals surface area contributed by atoms with Crippen LogP contribution in [-0.2, 0) is 15.8 Å². The first-order valence-electron chi connectivity index (χ1n) is 13.6. The van der Waals surface area contributed by atoms with Crippen LogP contribution in [0.3, 0.4) is 0 Å². The van der Waals surface area contributed by atoms with E-state index in [1.165, 1.54) is 24.3 Å². The van der Waals surface area contributed by atoms with Gasteiger partial charge in [-0.25, -0.2) is 9.37 Å². The van der Waals surface area contributed by atoms with Crippen LogP contribution in [0.25, 0.3) is 11.3 Å². The van der Waals surface area contributed by atoms with Gasteiger partial charge in [-0.1, -0.05) is 53.5 Å². The SMILES string of the molecule is CCOc1cc(C(=O)NC[C@@](O)(c2ccccc2)c2cc3c(c(-c4ccc(F)c(Cl)c4Cl)n2)OC[C@]3(C)C(N)=O)ccc1N. The number of fused-ring (bicyclic) bond motifs is 1. The fraction of sp³-hybridized carbons (Fsp3) is 0.219. The van der Waals surface area contributed by atoms with E-state index in [9.17, 15) is 19.1 Å². The predicted octanol–water partition coefficient (Wildman–Crippen LogP) is 4.98. The van der Waals surface area contributed by atoms with Crippen molar-refractivity contribution in [2.24, 2.45) is 5.73 Å². The Kier molecular flexibility index (Phi) is 8.44. The molecule has 5 rings (SSSR count). The predicted molar refractivity (Wildman–Crippen MR) is 165 cm³/mol. The number of nitrogens with two attached hydrogens (primary N) is 2. The fourth-order valence-electron chi connectivity index (χ4n) is 5.01. The number of nitrogen functional groups attached to an aromatic ring is 1. The van der Waals surface area contributed by atoms with Gasteiger partial charge in [0.05, 0.1) is 34.6 Å². The highest BCUT2D eigenvalue weighted by Crippen LogP contribution is 2.48. The van der Waals surface area contributed by atoms with E-state index >= 15 is 0 Å². The number of ether oxygens (including phenoxy) is 2. The minimum absolute atomic E-state index is 0.0413. The minimum Gasteiger partial charge on any atom is -0.492 e. The van der Waals surface area contributed by atoms with Crippen LogP contribution in [0.1, 0.15) is 41.0 Å². The number of amides is 2. The van der Waals surface area contributed by atoms with Gasteiger partial charge in [-0.3, -0.25) is 9.59 Å². The Morgan fingerprint density at radius 2 is 1.86 bits per heavy atom.